The Kier molecular flexibility index (Phi) is 3.92. The Morgan fingerprint density at radius 2 is 2.25 bits per heavy atom. The highest BCUT2D eigenvalue weighted by atomic mass is 35.5. The molecule has 1 unspecified atom stereocenters. The van der Waals surface area contributed by atoms with Crippen LogP contribution in [0.3, 0.4) is 0 Å². The van der Waals surface area contributed by atoms with E-state index in [4.69, 9.17) is 16.9 Å². The van der Waals surface area contributed by atoms with E-state index in [9.17, 15) is 9.90 Å². The number of halogens is 1. The molecule has 1 aromatic carbocycles. The summed E-state index contributed by atoms with van der Waals surface area (Å²) in [6.07, 6.45) is 0.623. The quantitative estimate of drug-likeness (QED) is 0.929. The molecule has 0 saturated carbocycles. The third-order valence-electron chi connectivity index (χ3n) is 4.27. The minimum Gasteiger partial charge on any atom is -0.481 e. The second-order valence-electron chi connectivity index (χ2n) is 5.56. The molecule has 1 fully saturated rings. The summed E-state index contributed by atoms with van der Waals surface area (Å²) < 4.78 is 0. The van der Waals surface area contributed by atoms with Gasteiger partial charge in [0.05, 0.1) is 16.0 Å². The topological polar surface area (TPSA) is 64.3 Å². The van der Waals surface area contributed by atoms with Crippen LogP contribution in [0.4, 0.5) is 5.69 Å². The lowest BCUT2D eigenvalue weighted by molar-refractivity contribution is -0.150. The number of nitriles is 1. The first kappa shape index (κ1) is 14.7. The van der Waals surface area contributed by atoms with E-state index < -0.39 is 11.4 Å². The number of rotatable bonds is 3. The van der Waals surface area contributed by atoms with Gasteiger partial charge < -0.3 is 10.0 Å². The Morgan fingerprint density at radius 1 is 1.55 bits per heavy atom. The van der Waals surface area contributed by atoms with Crippen LogP contribution in [0, 0.1) is 22.7 Å². The minimum absolute atomic E-state index is 0.0684. The van der Waals surface area contributed by atoms with E-state index in [1.54, 1.807) is 12.1 Å². The van der Waals surface area contributed by atoms with E-state index in [2.05, 4.69) is 0 Å². The van der Waals surface area contributed by atoms with Crippen molar-refractivity contribution in [3.05, 3.63) is 28.8 Å². The van der Waals surface area contributed by atoms with Crippen LogP contribution >= 0.6 is 11.6 Å². The molecule has 2 rings (SSSR count). The zero-order chi connectivity index (χ0) is 14.9. The van der Waals surface area contributed by atoms with Crippen LogP contribution in [0.2, 0.25) is 5.02 Å². The van der Waals surface area contributed by atoms with E-state index in [1.165, 1.54) is 0 Å². The van der Waals surface area contributed by atoms with Crippen molar-refractivity contribution in [3.63, 3.8) is 0 Å². The second-order valence-corrected chi connectivity index (χ2v) is 5.97. The van der Waals surface area contributed by atoms with Crippen LogP contribution in [0.25, 0.3) is 0 Å². The van der Waals surface area contributed by atoms with E-state index in [0.29, 0.717) is 30.1 Å². The van der Waals surface area contributed by atoms with Gasteiger partial charge in [-0.25, -0.2) is 0 Å². The zero-order valence-electron chi connectivity index (χ0n) is 11.6. The molecule has 20 heavy (non-hydrogen) atoms. The van der Waals surface area contributed by atoms with Gasteiger partial charge in [0.2, 0.25) is 0 Å². The number of nitrogens with zero attached hydrogens (tertiary/aromatic N) is 2. The number of carboxylic acids is 1. The molecule has 1 N–H and O–H groups in total. The number of hydrogen-bond acceptors (Lipinski definition) is 3. The number of anilines is 1. The molecule has 0 aromatic heterocycles. The van der Waals surface area contributed by atoms with Gasteiger partial charge in [0.25, 0.3) is 0 Å². The SMILES string of the molecule is CC(C)C1(C(=O)O)CCN(c2ccc(C#N)c(Cl)c2)C1. The highest BCUT2D eigenvalue weighted by Gasteiger charge is 2.47. The van der Waals surface area contributed by atoms with E-state index in [0.717, 1.165) is 5.69 Å². The molecule has 1 aromatic rings. The molecule has 0 aliphatic carbocycles. The van der Waals surface area contributed by atoms with Gasteiger partial charge in [-0.05, 0) is 30.5 Å². The summed E-state index contributed by atoms with van der Waals surface area (Å²) in [4.78, 5) is 13.6. The predicted molar refractivity (Wildman–Crippen MR) is 77.9 cm³/mol. The summed E-state index contributed by atoms with van der Waals surface area (Å²) in [5.74, 6) is -0.673. The molecule has 5 heteroatoms. The van der Waals surface area contributed by atoms with Crippen LogP contribution in [0.5, 0.6) is 0 Å². The predicted octanol–water partition coefficient (Wildman–Crippen LogP) is 3.15. The first-order valence-electron chi connectivity index (χ1n) is 6.58. The Morgan fingerprint density at radius 3 is 2.70 bits per heavy atom. The van der Waals surface area contributed by atoms with Gasteiger partial charge in [0.15, 0.2) is 0 Å². The lowest BCUT2D eigenvalue weighted by Gasteiger charge is -2.29. The Bertz CT molecular complexity index is 580. The third-order valence-corrected chi connectivity index (χ3v) is 4.58. The molecular formula is C15H17ClN2O2. The fraction of sp³-hybridized carbons (Fsp3) is 0.467. The minimum atomic E-state index is -0.741. The zero-order valence-corrected chi connectivity index (χ0v) is 12.3. The van der Waals surface area contributed by atoms with Crippen molar-refractivity contribution in [2.45, 2.75) is 20.3 Å². The second kappa shape index (κ2) is 5.34. The molecule has 1 atom stereocenters. The van der Waals surface area contributed by atoms with E-state index in [-0.39, 0.29) is 5.92 Å². The van der Waals surface area contributed by atoms with Crippen molar-refractivity contribution in [2.75, 3.05) is 18.0 Å². The molecule has 0 spiro atoms. The fourth-order valence-electron chi connectivity index (χ4n) is 2.74. The van der Waals surface area contributed by atoms with Gasteiger partial charge in [-0.15, -0.1) is 0 Å². The van der Waals surface area contributed by atoms with Gasteiger partial charge >= 0.3 is 5.97 Å². The maximum Gasteiger partial charge on any atom is 0.311 e. The first-order chi connectivity index (χ1) is 9.40. The van der Waals surface area contributed by atoms with Gasteiger partial charge in [-0.1, -0.05) is 25.4 Å². The lowest BCUT2D eigenvalue weighted by Crippen LogP contribution is -2.39. The van der Waals surface area contributed by atoms with Crippen LogP contribution in [-0.2, 0) is 4.79 Å². The smallest absolute Gasteiger partial charge is 0.311 e. The van der Waals surface area contributed by atoms with Crippen molar-refractivity contribution >= 4 is 23.3 Å². The summed E-state index contributed by atoms with van der Waals surface area (Å²) >= 11 is 6.04. The monoisotopic (exact) mass is 292 g/mol. The maximum atomic E-state index is 11.6. The van der Waals surface area contributed by atoms with Crippen molar-refractivity contribution in [1.29, 1.82) is 5.26 Å². The van der Waals surface area contributed by atoms with Crippen LogP contribution in [-0.4, -0.2) is 24.2 Å². The number of carboxylic acid groups (broad SMARTS) is 1. The number of benzene rings is 1. The molecular weight excluding hydrogens is 276 g/mol. The summed E-state index contributed by atoms with van der Waals surface area (Å²) in [7, 11) is 0. The maximum absolute atomic E-state index is 11.6. The molecule has 106 valence electrons. The highest BCUT2D eigenvalue weighted by molar-refractivity contribution is 6.32. The van der Waals surface area contributed by atoms with Gasteiger partial charge in [-0.2, -0.15) is 5.26 Å². The number of carbonyl (C=O) groups is 1. The van der Waals surface area contributed by atoms with E-state index >= 15 is 0 Å². The largest absolute Gasteiger partial charge is 0.481 e. The summed E-state index contributed by atoms with van der Waals surface area (Å²) in [6.45, 7) is 5.06. The molecule has 1 aliphatic heterocycles. The van der Waals surface area contributed by atoms with Gasteiger partial charge in [0.1, 0.15) is 6.07 Å². The molecule has 1 heterocycles. The summed E-state index contributed by atoms with van der Waals surface area (Å²) in [5, 5.41) is 18.8. The third kappa shape index (κ3) is 2.34. The van der Waals surface area contributed by atoms with Crippen molar-refractivity contribution in [3.8, 4) is 6.07 Å². The number of hydrogen-bond donors (Lipinski definition) is 1. The van der Waals surface area contributed by atoms with Crippen molar-refractivity contribution in [2.24, 2.45) is 11.3 Å². The van der Waals surface area contributed by atoms with Crippen molar-refractivity contribution < 1.29 is 9.90 Å². The van der Waals surface area contributed by atoms with Crippen LogP contribution < -0.4 is 4.90 Å². The fourth-order valence-corrected chi connectivity index (χ4v) is 2.95. The molecule has 1 aliphatic rings. The number of aliphatic carboxylic acids is 1. The molecule has 0 amide bonds. The average Bonchev–Trinajstić information content (AvgIpc) is 2.85. The van der Waals surface area contributed by atoms with Crippen molar-refractivity contribution in [1.82, 2.24) is 0 Å². The average molecular weight is 293 g/mol. The molecule has 0 radical (unpaired) electrons. The Balaban J connectivity index is 2.27. The first-order valence-corrected chi connectivity index (χ1v) is 6.96. The van der Waals surface area contributed by atoms with E-state index in [1.807, 2.05) is 30.9 Å². The molecule has 0 bridgehead atoms. The molecule has 4 nitrogen and oxygen atoms in total. The van der Waals surface area contributed by atoms with Gasteiger partial charge in [0, 0.05) is 18.8 Å². The van der Waals surface area contributed by atoms with Crippen LogP contribution in [0.15, 0.2) is 18.2 Å². The Labute approximate surface area is 123 Å². The molecule has 1 saturated heterocycles. The highest BCUT2D eigenvalue weighted by Crippen LogP contribution is 2.40. The summed E-state index contributed by atoms with van der Waals surface area (Å²) in [5.41, 5.74) is 0.598. The lowest BCUT2D eigenvalue weighted by atomic mass is 9.76. The van der Waals surface area contributed by atoms with Gasteiger partial charge in [-0.3, -0.25) is 4.79 Å². The normalized spacial score (nSPS) is 22.1. The standard InChI is InChI=1S/C15H17ClN2O2/c1-10(2)15(14(19)20)5-6-18(9-15)12-4-3-11(8-17)13(16)7-12/h3-4,7,10H,5-6,9H2,1-2H3,(H,19,20). The van der Waals surface area contributed by atoms with Crippen LogP contribution in [0.1, 0.15) is 25.8 Å². The Hall–Kier alpha value is -1.73. The summed E-state index contributed by atoms with van der Waals surface area (Å²) in [6, 6.07) is 7.25.